The highest BCUT2D eigenvalue weighted by Gasteiger charge is 2.32. The summed E-state index contributed by atoms with van der Waals surface area (Å²) in [6, 6.07) is 7.35. The fraction of sp³-hybridized carbons (Fsp3) is 0.235. The number of ether oxygens (including phenoxy) is 3. The van der Waals surface area contributed by atoms with Crippen molar-refractivity contribution in [3.63, 3.8) is 0 Å². The average Bonchev–Trinajstić information content (AvgIpc) is 2.66. The number of hydrogen-bond acceptors (Lipinski definition) is 6. The van der Waals surface area contributed by atoms with Crippen LogP contribution in [-0.2, 0) is 20.5 Å². The molecule has 1 aromatic carbocycles. The molecule has 0 fully saturated rings. The molecule has 1 aromatic heterocycles. The number of carbonyl (C=O) groups excluding carboxylic acids is 2. The van der Waals surface area contributed by atoms with Crippen molar-refractivity contribution in [2.45, 2.75) is 12.3 Å². The van der Waals surface area contributed by atoms with Crippen molar-refractivity contribution in [3.8, 4) is 11.5 Å². The van der Waals surface area contributed by atoms with Crippen LogP contribution in [0.15, 0.2) is 36.5 Å². The Morgan fingerprint density at radius 1 is 1.29 bits per heavy atom. The summed E-state index contributed by atoms with van der Waals surface area (Å²) in [7, 11) is 0. The van der Waals surface area contributed by atoms with Crippen LogP contribution in [0.25, 0.3) is 0 Å². The number of aromatic nitrogens is 1. The Labute approximate surface area is 161 Å². The van der Waals surface area contributed by atoms with E-state index in [1.165, 1.54) is 0 Å². The maximum Gasteiger partial charge on any atom is 0.417 e. The summed E-state index contributed by atoms with van der Waals surface area (Å²) < 4.78 is 53.4. The van der Waals surface area contributed by atoms with E-state index in [0.717, 1.165) is 0 Å². The number of nitrogens with one attached hydrogen (secondary N) is 1. The van der Waals surface area contributed by atoms with Gasteiger partial charge in [0.05, 0.1) is 10.6 Å². The molecule has 7 nitrogen and oxygen atoms in total. The lowest BCUT2D eigenvalue weighted by molar-refractivity contribution is -0.156. The van der Waals surface area contributed by atoms with Gasteiger partial charge in [0.15, 0.2) is 23.9 Å². The minimum atomic E-state index is -4.62. The second kappa shape index (κ2) is 7.93. The highest BCUT2D eigenvalue weighted by atomic mass is 35.5. The van der Waals surface area contributed by atoms with Gasteiger partial charge in [-0.25, -0.2) is 9.78 Å². The number of pyridine rings is 1. The third kappa shape index (κ3) is 4.63. The van der Waals surface area contributed by atoms with Crippen molar-refractivity contribution < 1.29 is 37.0 Å². The lowest BCUT2D eigenvalue weighted by Gasteiger charge is -2.24. The number of amides is 1. The van der Waals surface area contributed by atoms with E-state index in [-0.39, 0.29) is 12.4 Å². The van der Waals surface area contributed by atoms with Gasteiger partial charge >= 0.3 is 12.1 Å². The van der Waals surface area contributed by atoms with Crippen LogP contribution in [0.2, 0.25) is 5.02 Å². The molecule has 1 amide bonds. The number of fused-ring (bicyclic) bond motifs is 1. The summed E-state index contributed by atoms with van der Waals surface area (Å²) >= 11 is 5.69. The van der Waals surface area contributed by atoms with E-state index in [9.17, 15) is 22.8 Å². The van der Waals surface area contributed by atoms with Gasteiger partial charge in [-0.2, -0.15) is 13.2 Å². The highest BCUT2D eigenvalue weighted by molar-refractivity contribution is 6.33. The van der Waals surface area contributed by atoms with Crippen LogP contribution in [0.1, 0.15) is 5.56 Å². The van der Waals surface area contributed by atoms with Crippen LogP contribution < -0.4 is 14.8 Å². The summed E-state index contributed by atoms with van der Waals surface area (Å²) in [6.07, 6.45) is -5.15. The maximum atomic E-state index is 12.6. The second-order valence-corrected chi connectivity index (χ2v) is 5.98. The van der Waals surface area contributed by atoms with Crippen LogP contribution in [0, 0.1) is 0 Å². The van der Waals surface area contributed by atoms with Gasteiger partial charge in [0.1, 0.15) is 6.61 Å². The SMILES string of the molecule is O=C(COC(=O)[C@@H]1COc2ccccc2O1)Nc1ncc(C(F)(F)F)cc1Cl. The maximum absolute atomic E-state index is 12.6. The second-order valence-electron chi connectivity index (χ2n) is 5.57. The predicted molar refractivity (Wildman–Crippen MR) is 90.2 cm³/mol. The van der Waals surface area contributed by atoms with Crippen LogP contribution in [0.5, 0.6) is 11.5 Å². The minimum absolute atomic E-state index is 0.0935. The molecule has 0 spiro atoms. The molecule has 0 bridgehead atoms. The van der Waals surface area contributed by atoms with E-state index >= 15 is 0 Å². The Morgan fingerprint density at radius 3 is 2.68 bits per heavy atom. The molecule has 1 aliphatic heterocycles. The Balaban J connectivity index is 1.53. The van der Waals surface area contributed by atoms with E-state index in [0.29, 0.717) is 23.8 Å². The van der Waals surface area contributed by atoms with E-state index < -0.39 is 41.3 Å². The molecule has 2 heterocycles. The van der Waals surface area contributed by atoms with Gasteiger partial charge in [0, 0.05) is 6.20 Å². The number of para-hydroxylation sites is 2. The van der Waals surface area contributed by atoms with Gasteiger partial charge in [-0.05, 0) is 18.2 Å². The summed E-state index contributed by atoms with van der Waals surface area (Å²) in [5, 5.41) is 1.76. The monoisotopic (exact) mass is 416 g/mol. The quantitative estimate of drug-likeness (QED) is 0.771. The fourth-order valence-corrected chi connectivity index (χ4v) is 2.43. The number of carbonyl (C=O) groups is 2. The van der Waals surface area contributed by atoms with Crippen molar-refractivity contribution in [1.82, 2.24) is 4.98 Å². The van der Waals surface area contributed by atoms with E-state index in [2.05, 4.69) is 10.3 Å². The number of alkyl halides is 3. The summed E-state index contributed by atoms with van der Waals surface area (Å²) in [6.45, 7) is -0.802. The molecule has 0 unspecified atom stereocenters. The van der Waals surface area contributed by atoms with E-state index in [1.54, 1.807) is 24.3 Å². The van der Waals surface area contributed by atoms with Crippen molar-refractivity contribution in [2.75, 3.05) is 18.5 Å². The number of hydrogen-bond donors (Lipinski definition) is 1. The standard InChI is InChI=1S/C17H12ClF3N2O5/c18-10-5-9(17(19,20)21)6-22-15(10)23-14(24)8-27-16(25)13-7-26-11-3-1-2-4-12(11)28-13/h1-6,13H,7-8H2,(H,22,23,24)/t13-/m0/s1. The van der Waals surface area contributed by atoms with E-state index in [1.807, 2.05) is 0 Å². The van der Waals surface area contributed by atoms with Crippen molar-refractivity contribution in [3.05, 3.63) is 47.1 Å². The van der Waals surface area contributed by atoms with Crippen LogP contribution in [-0.4, -0.2) is 36.2 Å². The molecule has 28 heavy (non-hydrogen) atoms. The number of rotatable bonds is 4. The molecule has 148 valence electrons. The molecule has 11 heteroatoms. The zero-order valence-electron chi connectivity index (χ0n) is 14.0. The molecule has 2 aromatic rings. The summed E-state index contributed by atoms with van der Waals surface area (Å²) in [5.74, 6) is -1.12. The lowest BCUT2D eigenvalue weighted by atomic mass is 10.2. The molecule has 1 atom stereocenters. The van der Waals surface area contributed by atoms with Crippen molar-refractivity contribution in [2.24, 2.45) is 0 Å². The number of esters is 1. The molecule has 1 aliphatic rings. The van der Waals surface area contributed by atoms with Crippen molar-refractivity contribution in [1.29, 1.82) is 0 Å². The third-order valence-corrected chi connectivity index (χ3v) is 3.83. The predicted octanol–water partition coefficient (Wildman–Crippen LogP) is 3.08. The average molecular weight is 417 g/mol. The molecule has 1 N–H and O–H groups in total. The number of nitrogens with zero attached hydrogens (tertiary/aromatic N) is 1. The zero-order chi connectivity index (χ0) is 20.3. The number of benzene rings is 1. The molecular weight excluding hydrogens is 405 g/mol. The van der Waals surface area contributed by atoms with Gasteiger partial charge in [-0.1, -0.05) is 23.7 Å². The normalized spacial score (nSPS) is 15.6. The highest BCUT2D eigenvalue weighted by Crippen LogP contribution is 2.32. The Hall–Kier alpha value is -3.01. The summed E-state index contributed by atoms with van der Waals surface area (Å²) in [5.41, 5.74) is -1.06. The first-order valence-electron chi connectivity index (χ1n) is 7.82. The Kier molecular flexibility index (Phi) is 5.59. The molecular formula is C17H12ClF3N2O5. The summed E-state index contributed by atoms with van der Waals surface area (Å²) in [4.78, 5) is 27.3. The molecule has 0 saturated carbocycles. The lowest BCUT2D eigenvalue weighted by Crippen LogP contribution is -2.39. The molecule has 0 saturated heterocycles. The van der Waals surface area contributed by atoms with Crippen LogP contribution in [0.4, 0.5) is 19.0 Å². The van der Waals surface area contributed by atoms with Gasteiger partial charge in [0.25, 0.3) is 5.91 Å². The topological polar surface area (TPSA) is 86.8 Å². The molecule has 0 radical (unpaired) electrons. The van der Waals surface area contributed by atoms with Crippen molar-refractivity contribution >= 4 is 29.3 Å². The third-order valence-electron chi connectivity index (χ3n) is 3.54. The van der Waals surface area contributed by atoms with Gasteiger partial charge in [0.2, 0.25) is 6.10 Å². The van der Waals surface area contributed by atoms with Gasteiger partial charge < -0.3 is 19.5 Å². The molecule has 3 rings (SSSR count). The van der Waals surface area contributed by atoms with Gasteiger partial charge in [-0.3, -0.25) is 4.79 Å². The largest absolute Gasteiger partial charge is 0.485 e. The number of anilines is 1. The minimum Gasteiger partial charge on any atom is -0.485 e. The first-order chi connectivity index (χ1) is 13.2. The first-order valence-corrected chi connectivity index (χ1v) is 8.19. The fourth-order valence-electron chi connectivity index (χ4n) is 2.22. The smallest absolute Gasteiger partial charge is 0.417 e. The Bertz CT molecular complexity index is 907. The van der Waals surface area contributed by atoms with E-state index in [4.69, 9.17) is 25.8 Å². The molecule has 0 aliphatic carbocycles. The van der Waals surface area contributed by atoms with Crippen LogP contribution in [0.3, 0.4) is 0 Å². The van der Waals surface area contributed by atoms with Crippen LogP contribution >= 0.6 is 11.6 Å². The van der Waals surface area contributed by atoms with Gasteiger partial charge in [-0.15, -0.1) is 0 Å². The Morgan fingerprint density at radius 2 is 2.00 bits per heavy atom. The number of halogens is 4. The zero-order valence-corrected chi connectivity index (χ0v) is 14.7. The first kappa shape index (κ1) is 19.7.